The lowest BCUT2D eigenvalue weighted by Crippen LogP contribution is -2.45. The van der Waals surface area contributed by atoms with Crippen LogP contribution in [0.25, 0.3) is 0 Å². The number of carbonyl (C=O) groups excluding carboxylic acids is 1. The quantitative estimate of drug-likeness (QED) is 0.734. The van der Waals surface area contributed by atoms with Gasteiger partial charge in [0.1, 0.15) is 5.75 Å². The molecular formula is C18H29NO4S. The highest BCUT2D eigenvalue weighted by atomic mass is 32.2. The van der Waals surface area contributed by atoms with Gasteiger partial charge in [0.25, 0.3) is 5.91 Å². The number of carbonyl (C=O) groups is 1. The average Bonchev–Trinajstić information content (AvgIpc) is 2.52. The monoisotopic (exact) mass is 355 g/mol. The molecule has 0 saturated carbocycles. The summed E-state index contributed by atoms with van der Waals surface area (Å²) >= 11 is 0. The van der Waals surface area contributed by atoms with Crippen molar-refractivity contribution in [3.8, 4) is 5.75 Å². The highest BCUT2D eigenvalue weighted by Crippen LogP contribution is 2.27. The van der Waals surface area contributed by atoms with Crippen molar-refractivity contribution in [1.29, 1.82) is 0 Å². The van der Waals surface area contributed by atoms with E-state index in [4.69, 9.17) is 4.74 Å². The largest absolute Gasteiger partial charge is 0.480 e. The molecule has 0 spiro atoms. The van der Waals surface area contributed by atoms with Crippen LogP contribution in [0, 0.1) is 0 Å². The number of sulfonamides is 1. The Balaban J connectivity index is 2.93. The third kappa shape index (κ3) is 5.23. The lowest BCUT2D eigenvalue weighted by molar-refractivity contribution is -0.126. The molecule has 24 heavy (non-hydrogen) atoms. The maximum Gasteiger partial charge on any atom is 0.274 e. The van der Waals surface area contributed by atoms with Crippen LogP contribution in [0.4, 0.5) is 0 Å². The first-order chi connectivity index (χ1) is 11.3. The van der Waals surface area contributed by atoms with E-state index in [0.717, 1.165) is 5.56 Å². The van der Waals surface area contributed by atoms with Crippen LogP contribution in [0.3, 0.4) is 0 Å². The molecule has 0 aromatic heterocycles. The molecule has 6 heteroatoms. The van der Waals surface area contributed by atoms with Crippen LogP contribution in [0.2, 0.25) is 0 Å². The van der Waals surface area contributed by atoms with Crippen molar-refractivity contribution in [1.82, 2.24) is 4.72 Å². The van der Waals surface area contributed by atoms with Gasteiger partial charge in [0, 0.05) is 0 Å². The van der Waals surface area contributed by atoms with Gasteiger partial charge in [-0.1, -0.05) is 52.8 Å². The Morgan fingerprint density at radius 3 is 2.17 bits per heavy atom. The number of hydrogen-bond donors (Lipinski definition) is 1. The Hall–Kier alpha value is -1.56. The van der Waals surface area contributed by atoms with Crippen molar-refractivity contribution >= 4 is 15.9 Å². The van der Waals surface area contributed by atoms with Crippen LogP contribution >= 0.6 is 0 Å². The summed E-state index contributed by atoms with van der Waals surface area (Å²) in [6.07, 6.45) is 0.477. The molecule has 1 rings (SSSR count). The van der Waals surface area contributed by atoms with Crippen molar-refractivity contribution in [2.45, 2.75) is 71.2 Å². The second-order valence-corrected chi connectivity index (χ2v) is 8.12. The molecule has 1 N–H and O–H groups in total. The summed E-state index contributed by atoms with van der Waals surface area (Å²) in [5.41, 5.74) is 0.992. The average molecular weight is 356 g/mol. The number of hydrogen-bond acceptors (Lipinski definition) is 4. The highest BCUT2D eigenvalue weighted by Gasteiger charge is 2.28. The van der Waals surface area contributed by atoms with Gasteiger partial charge < -0.3 is 4.74 Å². The van der Waals surface area contributed by atoms with Crippen molar-refractivity contribution < 1.29 is 17.9 Å². The molecule has 0 aliphatic carbocycles. The summed E-state index contributed by atoms with van der Waals surface area (Å²) in [6.45, 7) is 9.47. The fourth-order valence-corrected chi connectivity index (χ4v) is 4.01. The summed E-state index contributed by atoms with van der Waals surface area (Å²) < 4.78 is 32.5. The maximum absolute atomic E-state index is 12.4. The van der Waals surface area contributed by atoms with Crippen LogP contribution in [-0.2, 0) is 14.8 Å². The second-order valence-electron chi connectivity index (χ2n) is 6.16. The lowest BCUT2D eigenvalue weighted by atomic mass is 10.0. The zero-order valence-electron chi connectivity index (χ0n) is 15.2. The number of para-hydroxylation sites is 1. The summed E-state index contributed by atoms with van der Waals surface area (Å²) in [7, 11) is -3.68. The van der Waals surface area contributed by atoms with Crippen molar-refractivity contribution in [2.24, 2.45) is 0 Å². The fourth-order valence-electron chi connectivity index (χ4n) is 2.56. The van der Waals surface area contributed by atoms with Gasteiger partial charge in [0.15, 0.2) is 6.10 Å². The minimum Gasteiger partial charge on any atom is -0.480 e. The smallest absolute Gasteiger partial charge is 0.274 e. The molecule has 1 aromatic carbocycles. The van der Waals surface area contributed by atoms with Gasteiger partial charge in [-0.2, -0.15) is 0 Å². The number of ether oxygens (including phenoxy) is 1. The van der Waals surface area contributed by atoms with E-state index in [1.165, 1.54) is 0 Å². The number of rotatable bonds is 9. The Kier molecular flexibility index (Phi) is 7.73. The molecule has 0 radical (unpaired) electrons. The SMILES string of the molecule is CCC(Oc1ccccc1C(C)C)C(=O)NS(=O)(=O)C(CC)CC. The van der Waals surface area contributed by atoms with E-state index >= 15 is 0 Å². The molecule has 0 fully saturated rings. The summed E-state index contributed by atoms with van der Waals surface area (Å²) in [6, 6.07) is 7.51. The molecule has 136 valence electrons. The van der Waals surface area contributed by atoms with E-state index in [2.05, 4.69) is 4.72 Å². The number of benzene rings is 1. The highest BCUT2D eigenvalue weighted by molar-refractivity contribution is 7.90. The molecule has 0 bridgehead atoms. The molecule has 0 saturated heterocycles. The van der Waals surface area contributed by atoms with Crippen LogP contribution in [-0.4, -0.2) is 25.7 Å². The second kappa shape index (κ2) is 9.06. The first-order valence-electron chi connectivity index (χ1n) is 8.57. The fraction of sp³-hybridized carbons (Fsp3) is 0.611. The van der Waals surface area contributed by atoms with Gasteiger partial charge in [0.05, 0.1) is 5.25 Å². The normalized spacial score (nSPS) is 13.1. The number of amides is 1. The first kappa shape index (κ1) is 20.5. The van der Waals surface area contributed by atoms with Gasteiger partial charge in [0.2, 0.25) is 10.0 Å². The minimum absolute atomic E-state index is 0.245. The van der Waals surface area contributed by atoms with Crippen molar-refractivity contribution in [3.63, 3.8) is 0 Å². The first-order valence-corrected chi connectivity index (χ1v) is 10.1. The van der Waals surface area contributed by atoms with E-state index in [-0.39, 0.29) is 5.92 Å². The summed E-state index contributed by atoms with van der Waals surface area (Å²) in [5.74, 6) is 0.257. The molecular weight excluding hydrogens is 326 g/mol. The Morgan fingerprint density at radius 2 is 1.67 bits per heavy atom. The third-order valence-electron chi connectivity index (χ3n) is 4.07. The Morgan fingerprint density at radius 1 is 1.08 bits per heavy atom. The van der Waals surface area contributed by atoms with E-state index in [1.54, 1.807) is 26.8 Å². The van der Waals surface area contributed by atoms with Gasteiger partial charge in [-0.15, -0.1) is 0 Å². The van der Waals surface area contributed by atoms with Crippen molar-refractivity contribution in [2.75, 3.05) is 0 Å². The Labute approximate surface area is 145 Å². The van der Waals surface area contributed by atoms with Gasteiger partial charge >= 0.3 is 0 Å². The van der Waals surface area contributed by atoms with Crippen molar-refractivity contribution in [3.05, 3.63) is 29.8 Å². The minimum atomic E-state index is -3.68. The summed E-state index contributed by atoms with van der Waals surface area (Å²) in [5, 5.41) is -0.568. The molecule has 0 aliphatic heterocycles. The standard InChI is InChI=1S/C18H29NO4S/c1-6-14(7-2)24(21,22)19-18(20)16(8-3)23-17-12-10-9-11-15(17)13(4)5/h9-14,16H,6-8H2,1-5H3,(H,19,20). The predicted octanol–water partition coefficient (Wildman–Crippen LogP) is 3.60. The van der Waals surface area contributed by atoms with E-state index in [0.29, 0.717) is 25.0 Å². The van der Waals surface area contributed by atoms with E-state index in [1.807, 2.05) is 32.0 Å². The molecule has 1 unspecified atom stereocenters. The van der Waals surface area contributed by atoms with Crippen LogP contribution in [0.5, 0.6) is 5.75 Å². The Bertz CT molecular complexity index is 636. The zero-order chi connectivity index (χ0) is 18.3. The van der Waals surface area contributed by atoms with Gasteiger partial charge in [-0.3, -0.25) is 4.79 Å². The molecule has 0 aliphatic rings. The predicted molar refractivity (Wildman–Crippen MR) is 96.7 cm³/mol. The van der Waals surface area contributed by atoms with Crippen LogP contribution in [0.15, 0.2) is 24.3 Å². The van der Waals surface area contributed by atoms with Gasteiger partial charge in [-0.05, 0) is 36.8 Å². The third-order valence-corrected chi connectivity index (χ3v) is 6.10. The molecule has 1 atom stereocenters. The van der Waals surface area contributed by atoms with Crippen LogP contribution in [0.1, 0.15) is 65.4 Å². The molecule has 0 heterocycles. The van der Waals surface area contributed by atoms with E-state index in [9.17, 15) is 13.2 Å². The molecule has 1 amide bonds. The molecule has 1 aromatic rings. The zero-order valence-corrected chi connectivity index (χ0v) is 16.0. The molecule has 5 nitrogen and oxygen atoms in total. The topological polar surface area (TPSA) is 72.5 Å². The summed E-state index contributed by atoms with van der Waals surface area (Å²) in [4.78, 5) is 12.4. The van der Waals surface area contributed by atoms with Crippen LogP contribution < -0.4 is 9.46 Å². The van der Waals surface area contributed by atoms with E-state index < -0.39 is 27.3 Å². The maximum atomic E-state index is 12.4. The van der Waals surface area contributed by atoms with Gasteiger partial charge in [-0.25, -0.2) is 13.1 Å². The number of nitrogens with one attached hydrogen (secondary N) is 1. The lowest BCUT2D eigenvalue weighted by Gasteiger charge is -2.22.